The third kappa shape index (κ3) is 6.67. The van der Waals surface area contributed by atoms with E-state index in [1.807, 2.05) is 12.2 Å². The second-order valence-electron chi connectivity index (χ2n) is 10.7. The van der Waals surface area contributed by atoms with Crippen LogP contribution in [0.5, 0.6) is 0 Å². The van der Waals surface area contributed by atoms with Crippen LogP contribution in [0.4, 0.5) is 0 Å². The van der Waals surface area contributed by atoms with E-state index in [4.69, 9.17) is 19.3 Å². The van der Waals surface area contributed by atoms with Crippen LogP contribution in [0.15, 0.2) is 36.5 Å². The summed E-state index contributed by atoms with van der Waals surface area (Å²) in [5.41, 5.74) is 0. The van der Waals surface area contributed by atoms with Gasteiger partial charge in [-0.25, -0.2) is 0 Å². The number of allylic oxidation sites excluding steroid dienone is 6. The maximum atomic E-state index is 11.6. The molecule has 6 bridgehead atoms. The largest absolute Gasteiger partial charge is 0.481 e. The molecular formula is C29H39O8Y-. The Hall–Kier alpha value is -1.80. The van der Waals surface area contributed by atoms with E-state index in [1.165, 1.54) is 27.8 Å². The number of fused-ring (bicyclic) bond motifs is 6. The average molecular weight is 605 g/mol. The molecule has 1 N–H and O–H groups in total. The molecule has 0 amide bonds. The Balaban J connectivity index is 0.000000199. The predicted octanol–water partition coefficient (Wildman–Crippen LogP) is 3.87. The maximum Gasteiger partial charge on any atom is 0.310 e. The molecule has 0 aromatic rings. The van der Waals surface area contributed by atoms with Crippen molar-refractivity contribution in [1.82, 2.24) is 0 Å². The summed E-state index contributed by atoms with van der Waals surface area (Å²) in [5, 5.41) is 8.70. The van der Waals surface area contributed by atoms with Crippen LogP contribution in [-0.2, 0) is 66.1 Å². The van der Waals surface area contributed by atoms with Crippen molar-refractivity contribution in [3.63, 3.8) is 0 Å². The molecule has 0 aromatic heterocycles. The molecule has 6 aliphatic rings. The zero-order valence-corrected chi connectivity index (χ0v) is 25.5. The Morgan fingerprint density at radius 3 is 1.26 bits per heavy atom. The molecule has 3 fully saturated rings. The first kappa shape index (κ1) is 32.4. The topological polar surface area (TPSA) is 116 Å². The monoisotopic (exact) mass is 604 g/mol. The molecule has 0 aliphatic heterocycles. The SMILES string of the molecule is COC(=O)C1C2C=CC(C2)C1C(=O)OC.COC(=O)C1CC2C=CC1C2.O=C(O)C1CC2C=CC1C2.[CH3-].[Y]. The smallest absolute Gasteiger partial charge is 0.310 e. The number of methoxy groups -OCH3 is 3. The quantitative estimate of drug-likeness (QED) is 0.223. The molecule has 8 nitrogen and oxygen atoms in total. The second kappa shape index (κ2) is 14.0. The Morgan fingerprint density at radius 1 is 0.579 bits per heavy atom. The summed E-state index contributed by atoms with van der Waals surface area (Å²) < 4.78 is 14.2. The van der Waals surface area contributed by atoms with E-state index in [9.17, 15) is 19.2 Å². The fourth-order valence-electron chi connectivity index (χ4n) is 7.00. The fraction of sp³-hybridized carbons (Fsp3) is 0.621. The number of carboxylic acids is 1. The van der Waals surface area contributed by atoms with Gasteiger partial charge in [0.1, 0.15) is 0 Å². The van der Waals surface area contributed by atoms with Crippen LogP contribution in [0.1, 0.15) is 32.1 Å². The molecule has 38 heavy (non-hydrogen) atoms. The van der Waals surface area contributed by atoms with Crippen molar-refractivity contribution in [2.75, 3.05) is 21.3 Å². The van der Waals surface area contributed by atoms with E-state index in [0.717, 1.165) is 25.7 Å². The Bertz CT molecular complexity index is 942. The fourth-order valence-corrected chi connectivity index (χ4v) is 7.00. The summed E-state index contributed by atoms with van der Waals surface area (Å²) in [7, 11) is 4.18. The minimum Gasteiger partial charge on any atom is -0.481 e. The van der Waals surface area contributed by atoms with Gasteiger partial charge in [-0.1, -0.05) is 36.5 Å². The molecule has 9 heteroatoms. The van der Waals surface area contributed by atoms with Crippen LogP contribution in [0, 0.1) is 66.6 Å². The number of aliphatic carboxylic acids is 1. The molecule has 1 radical (unpaired) electrons. The van der Waals surface area contributed by atoms with Crippen LogP contribution < -0.4 is 0 Å². The van der Waals surface area contributed by atoms with Crippen LogP contribution in [0.3, 0.4) is 0 Å². The van der Waals surface area contributed by atoms with E-state index in [2.05, 4.69) is 24.3 Å². The Kier molecular flexibility index (Phi) is 12.0. The van der Waals surface area contributed by atoms with Gasteiger partial charge in [0.05, 0.1) is 45.0 Å². The van der Waals surface area contributed by atoms with Gasteiger partial charge < -0.3 is 26.7 Å². The van der Waals surface area contributed by atoms with Crippen molar-refractivity contribution in [3.05, 3.63) is 43.9 Å². The first-order valence-electron chi connectivity index (χ1n) is 12.8. The van der Waals surface area contributed by atoms with Crippen LogP contribution >= 0.6 is 0 Å². The number of hydrogen-bond acceptors (Lipinski definition) is 7. The van der Waals surface area contributed by atoms with Gasteiger partial charge in [-0.05, 0) is 67.6 Å². The van der Waals surface area contributed by atoms with Crippen molar-refractivity contribution >= 4 is 23.9 Å². The number of rotatable bonds is 4. The predicted molar refractivity (Wildman–Crippen MR) is 136 cm³/mol. The van der Waals surface area contributed by atoms with Gasteiger partial charge in [-0.2, -0.15) is 0 Å². The molecule has 10 atom stereocenters. The maximum absolute atomic E-state index is 11.6. The van der Waals surface area contributed by atoms with Crippen molar-refractivity contribution in [2.24, 2.45) is 59.2 Å². The van der Waals surface area contributed by atoms with E-state index >= 15 is 0 Å². The van der Waals surface area contributed by atoms with E-state index < -0.39 is 5.97 Å². The molecule has 3 saturated carbocycles. The van der Waals surface area contributed by atoms with Crippen molar-refractivity contribution < 1.29 is 71.2 Å². The Morgan fingerprint density at radius 2 is 0.974 bits per heavy atom. The zero-order chi connectivity index (χ0) is 26.0. The molecule has 6 aliphatic carbocycles. The van der Waals surface area contributed by atoms with Gasteiger partial charge in [-0.3, -0.25) is 19.2 Å². The molecule has 10 unspecified atom stereocenters. The molecule has 0 spiro atoms. The number of carboxylic acid groups (broad SMARTS) is 1. The van der Waals surface area contributed by atoms with Gasteiger partial charge in [0.2, 0.25) is 0 Å². The van der Waals surface area contributed by atoms with Gasteiger partial charge in [0.25, 0.3) is 0 Å². The normalized spacial score (nSPS) is 37.1. The minimum absolute atomic E-state index is 0. The number of ether oxygens (including phenoxy) is 3. The molecule has 6 rings (SSSR count). The first-order valence-corrected chi connectivity index (χ1v) is 12.8. The van der Waals surface area contributed by atoms with Crippen LogP contribution in [0.25, 0.3) is 0 Å². The number of hydrogen-bond donors (Lipinski definition) is 1. The van der Waals surface area contributed by atoms with Crippen molar-refractivity contribution in [2.45, 2.75) is 32.1 Å². The second-order valence-corrected chi connectivity index (χ2v) is 10.7. The first-order chi connectivity index (χ1) is 17.3. The van der Waals surface area contributed by atoms with Gasteiger partial charge in [-0.15, -0.1) is 0 Å². The van der Waals surface area contributed by atoms with Crippen LogP contribution in [0.2, 0.25) is 0 Å². The molecule has 207 valence electrons. The summed E-state index contributed by atoms with van der Waals surface area (Å²) >= 11 is 0. The van der Waals surface area contributed by atoms with Crippen molar-refractivity contribution in [1.29, 1.82) is 0 Å². The standard InChI is InChI=1S/C11H14O4.C9H12O2.C8H10O2.CH3.Y/c1-14-10(12)8-6-3-4-7(5-6)9(8)11(13)15-2;1-11-9(10)8-5-6-2-3-7(8)4-6;9-8(10)7-4-5-1-2-6(7)3-5;;/h3-4,6-9H,5H2,1-2H3;2-3,6-8H,4-5H2,1H3;1-2,5-7H,3-4H2,(H,9,10);1H3;/q;;;-1;. The third-order valence-corrected chi connectivity index (χ3v) is 8.78. The third-order valence-electron chi connectivity index (χ3n) is 8.78. The summed E-state index contributed by atoms with van der Waals surface area (Å²) in [6, 6.07) is 0. The molecule has 0 saturated heterocycles. The zero-order valence-electron chi connectivity index (χ0n) is 22.7. The minimum atomic E-state index is -0.614. The molecule has 0 heterocycles. The summed E-state index contributed by atoms with van der Waals surface area (Å²) in [6.45, 7) is 0. The van der Waals surface area contributed by atoms with Gasteiger partial charge in [0.15, 0.2) is 0 Å². The van der Waals surface area contributed by atoms with Gasteiger partial charge >= 0.3 is 23.9 Å². The summed E-state index contributed by atoms with van der Waals surface area (Å²) in [4.78, 5) is 44.8. The number of esters is 3. The summed E-state index contributed by atoms with van der Waals surface area (Å²) in [6.07, 6.45) is 17.6. The van der Waals surface area contributed by atoms with Crippen LogP contribution in [-0.4, -0.2) is 50.3 Å². The molecule has 0 aromatic carbocycles. The number of carbonyl (C=O) groups is 4. The van der Waals surface area contributed by atoms with Gasteiger partial charge in [0, 0.05) is 32.7 Å². The van der Waals surface area contributed by atoms with Crippen molar-refractivity contribution in [3.8, 4) is 0 Å². The van der Waals surface area contributed by atoms with E-state index in [0.29, 0.717) is 23.7 Å². The summed E-state index contributed by atoms with van der Waals surface area (Å²) in [5.74, 6) is 0.492. The Labute approximate surface area is 250 Å². The molecular weight excluding hydrogens is 565 g/mol. The van der Waals surface area contributed by atoms with E-state index in [1.54, 1.807) is 0 Å². The number of carbonyl (C=O) groups excluding carboxylic acids is 3. The average Bonchev–Trinajstić information content (AvgIpc) is 3.74. The van der Waals surface area contributed by atoms with E-state index in [-0.39, 0.29) is 93.6 Å².